The van der Waals surface area contributed by atoms with Gasteiger partial charge in [-0.2, -0.15) is 0 Å². The predicted molar refractivity (Wildman–Crippen MR) is 92.9 cm³/mol. The first kappa shape index (κ1) is 14.2. The van der Waals surface area contributed by atoms with Gasteiger partial charge in [-0.15, -0.1) is 11.5 Å². The van der Waals surface area contributed by atoms with Crippen molar-refractivity contribution in [3.8, 4) is 11.5 Å². The number of rotatable bonds is 2. The average molecular weight is 290 g/mol. The van der Waals surface area contributed by atoms with Crippen molar-refractivity contribution in [2.24, 2.45) is 5.92 Å². The lowest BCUT2D eigenvalue weighted by Crippen LogP contribution is -2.17. The lowest BCUT2D eigenvalue weighted by molar-refractivity contribution is 0.801. The summed E-state index contributed by atoms with van der Waals surface area (Å²) in [4.78, 5) is 0. The van der Waals surface area contributed by atoms with Crippen LogP contribution >= 0.6 is 0 Å². The van der Waals surface area contributed by atoms with Crippen LogP contribution in [0.15, 0.2) is 60.7 Å². The molecule has 1 aliphatic carbocycles. The minimum absolute atomic E-state index is 0.120. The van der Waals surface area contributed by atoms with Gasteiger partial charge >= 0.3 is 0 Å². The molecule has 0 N–H and O–H groups in total. The monoisotopic (exact) mass is 290 g/mol. The molecule has 1 heteroatoms. The van der Waals surface area contributed by atoms with Gasteiger partial charge in [0, 0.05) is 11.3 Å². The summed E-state index contributed by atoms with van der Waals surface area (Å²) in [6, 6.07) is 21.8. The predicted octanol–water partition coefficient (Wildman–Crippen LogP) is 4.87. The Labute approximate surface area is 129 Å². The Balaban J connectivity index is 2.02. The Morgan fingerprint density at radius 3 is 1.76 bits per heavy atom. The largest absolute Gasteiger partial charge is 0.132 e. The van der Waals surface area contributed by atoms with Crippen molar-refractivity contribution in [2.75, 3.05) is 0 Å². The van der Waals surface area contributed by atoms with Gasteiger partial charge in [0.05, 0.1) is 0 Å². The SMILES string of the molecule is C[Si](C)(C)C#C[C@H]1CC1(c1ccccc1)c1ccccc1. The van der Waals surface area contributed by atoms with Gasteiger partial charge in [0.25, 0.3) is 0 Å². The van der Waals surface area contributed by atoms with Crippen LogP contribution in [0.25, 0.3) is 0 Å². The zero-order valence-electron chi connectivity index (χ0n) is 13.1. The maximum Gasteiger partial charge on any atom is 0.129 e. The van der Waals surface area contributed by atoms with E-state index in [1.807, 2.05) is 0 Å². The molecule has 0 unspecified atom stereocenters. The van der Waals surface area contributed by atoms with Crippen LogP contribution in [0.2, 0.25) is 19.6 Å². The van der Waals surface area contributed by atoms with Crippen LogP contribution in [0.1, 0.15) is 17.5 Å². The van der Waals surface area contributed by atoms with Gasteiger partial charge in [-0.05, 0) is 17.5 Å². The molecule has 1 fully saturated rings. The summed E-state index contributed by atoms with van der Waals surface area (Å²) in [5.41, 5.74) is 6.50. The molecule has 3 rings (SSSR count). The molecule has 0 amide bonds. The Hall–Kier alpha value is -1.78. The zero-order valence-corrected chi connectivity index (χ0v) is 14.1. The van der Waals surface area contributed by atoms with E-state index in [2.05, 4.69) is 91.8 Å². The molecular formula is C20H22Si. The molecule has 21 heavy (non-hydrogen) atoms. The molecule has 0 radical (unpaired) electrons. The Bertz CT molecular complexity index is 629. The molecule has 0 saturated heterocycles. The van der Waals surface area contributed by atoms with E-state index < -0.39 is 8.07 Å². The minimum Gasteiger partial charge on any atom is -0.132 e. The quantitative estimate of drug-likeness (QED) is 0.546. The lowest BCUT2D eigenvalue weighted by atomic mass is 9.86. The van der Waals surface area contributed by atoms with Crippen molar-refractivity contribution in [3.05, 3.63) is 71.8 Å². The summed E-state index contributed by atoms with van der Waals surface area (Å²) in [5, 5.41) is 0. The van der Waals surface area contributed by atoms with Gasteiger partial charge in [0.1, 0.15) is 8.07 Å². The van der Waals surface area contributed by atoms with Crippen molar-refractivity contribution < 1.29 is 0 Å². The molecule has 1 saturated carbocycles. The fourth-order valence-electron chi connectivity index (χ4n) is 3.02. The van der Waals surface area contributed by atoms with Crippen molar-refractivity contribution >= 4 is 8.07 Å². The van der Waals surface area contributed by atoms with E-state index in [0.29, 0.717) is 5.92 Å². The molecule has 1 aliphatic rings. The second kappa shape index (κ2) is 5.20. The molecule has 2 aromatic rings. The molecular weight excluding hydrogens is 268 g/mol. The second-order valence-electron chi connectivity index (χ2n) is 6.98. The first-order valence-corrected chi connectivity index (χ1v) is 11.2. The Morgan fingerprint density at radius 2 is 1.33 bits per heavy atom. The third-order valence-corrected chi connectivity index (χ3v) is 5.05. The number of hydrogen-bond acceptors (Lipinski definition) is 0. The van der Waals surface area contributed by atoms with Gasteiger partial charge in [-0.1, -0.05) is 80.3 Å². The maximum absolute atomic E-state index is 3.60. The summed E-state index contributed by atoms with van der Waals surface area (Å²) in [7, 11) is -1.31. The smallest absolute Gasteiger partial charge is 0.129 e. The summed E-state index contributed by atoms with van der Waals surface area (Å²) in [5.74, 6) is 4.06. The molecule has 2 aromatic carbocycles. The normalized spacial score (nSPS) is 19.5. The lowest BCUT2D eigenvalue weighted by Gasteiger charge is -2.17. The second-order valence-corrected chi connectivity index (χ2v) is 11.7. The maximum atomic E-state index is 3.60. The first-order chi connectivity index (χ1) is 10.0. The van der Waals surface area contributed by atoms with E-state index in [1.165, 1.54) is 11.1 Å². The van der Waals surface area contributed by atoms with E-state index in [1.54, 1.807) is 0 Å². The Kier molecular flexibility index (Phi) is 3.51. The van der Waals surface area contributed by atoms with Gasteiger partial charge in [0.2, 0.25) is 0 Å². The molecule has 0 bridgehead atoms. The van der Waals surface area contributed by atoms with E-state index in [9.17, 15) is 0 Å². The molecule has 0 aliphatic heterocycles. The van der Waals surface area contributed by atoms with E-state index in [4.69, 9.17) is 0 Å². The van der Waals surface area contributed by atoms with Crippen molar-refractivity contribution in [1.82, 2.24) is 0 Å². The van der Waals surface area contributed by atoms with Gasteiger partial charge in [-0.25, -0.2) is 0 Å². The topological polar surface area (TPSA) is 0 Å². The van der Waals surface area contributed by atoms with E-state index in [-0.39, 0.29) is 5.41 Å². The first-order valence-electron chi connectivity index (χ1n) is 7.66. The van der Waals surface area contributed by atoms with Crippen LogP contribution in [0.5, 0.6) is 0 Å². The fourth-order valence-corrected chi connectivity index (χ4v) is 3.62. The molecule has 106 valence electrons. The zero-order chi connectivity index (χ0) is 14.9. The van der Waals surface area contributed by atoms with Crippen LogP contribution in [-0.4, -0.2) is 8.07 Å². The van der Waals surface area contributed by atoms with E-state index >= 15 is 0 Å². The van der Waals surface area contributed by atoms with Crippen LogP contribution < -0.4 is 0 Å². The minimum atomic E-state index is -1.31. The highest BCUT2D eigenvalue weighted by Gasteiger charge is 2.55. The van der Waals surface area contributed by atoms with Gasteiger partial charge in [-0.3, -0.25) is 0 Å². The highest BCUT2D eigenvalue weighted by molar-refractivity contribution is 6.83. The average Bonchev–Trinajstić information content (AvgIpc) is 3.22. The number of hydrogen-bond donors (Lipinski definition) is 0. The van der Waals surface area contributed by atoms with Crippen LogP contribution in [0.3, 0.4) is 0 Å². The molecule has 0 aromatic heterocycles. The number of benzene rings is 2. The van der Waals surface area contributed by atoms with Crippen molar-refractivity contribution in [1.29, 1.82) is 0 Å². The molecule has 0 heterocycles. The standard InChI is InChI=1S/C20H22Si/c1-21(2,3)15-14-19-16-20(19,17-10-6-4-7-11-17)18-12-8-5-9-13-18/h4-13,19H,16H2,1-3H3/t19-/m0/s1. The summed E-state index contributed by atoms with van der Waals surface area (Å²) < 4.78 is 0. The highest BCUT2D eigenvalue weighted by Crippen LogP contribution is 2.58. The molecule has 0 nitrogen and oxygen atoms in total. The van der Waals surface area contributed by atoms with Gasteiger partial charge in [0.15, 0.2) is 0 Å². The summed E-state index contributed by atoms with van der Waals surface area (Å²) >= 11 is 0. The highest BCUT2D eigenvalue weighted by atomic mass is 28.3. The fraction of sp³-hybridized carbons (Fsp3) is 0.300. The third kappa shape index (κ3) is 2.82. The Morgan fingerprint density at radius 1 is 0.857 bits per heavy atom. The molecule has 0 spiro atoms. The van der Waals surface area contributed by atoms with Crippen molar-refractivity contribution in [3.63, 3.8) is 0 Å². The van der Waals surface area contributed by atoms with Crippen LogP contribution in [0.4, 0.5) is 0 Å². The summed E-state index contributed by atoms with van der Waals surface area (Å²) in [6.45, 7) is 6.94. The van der Waals surface area contributed by atoms with Crippen LogP contribution in [-0.2, 0) is 5.41 Å². The van der Waals surface area contributed by atoms with E-state index in [0.717, 1.165) is 6.42 Å². The van der Waals surface area contributed by atoms with Crippen LogP contribution in [0, 0.1) is 17.4 Å². The van der Waals surface area contributed by atoms with Gasteiger partial charge < -0.3 is 0 Å². The molecule has 1 atom stereocenters. The van der Waals surface area contributed by atoms with Crippen molar-refractivity contribution in [2.45, 2.75) is 31.5 Å². The summed E-state index contributed by atoms with van der Waals surface area (Å²) in [6.07, 6.45) is 1.15. The third-order valence-electron chi connectivity index (χ3n) is 4.16.